The molecule has 0 amide bonds. The van der Waals surface area contributed by atoms with E-state index in [4.69, 9.17) is 32.6 Å². The standard InChI is InChI=1S/C51H28N4O4/c1-5-16-41-32(10-1)36-23-21-31(28-47(36)58-41)55(30-22-25-46-40(27-30)35-13-4-7-18-43(35)57-46)51-53-49(29-20-24-45-39(26-29)34-12-3-6-17-42(34)56-45)52-50(54-51)38-15-9-14-37-33-11-2-8-19-44(33)59-48(37)38/h1-28H. The van der Waals surface area contributed by atoms with Gasteiger partial charge < -0.3 is 17.7 Å². The number of furan rings is 4. The highest BCUT2D eigenvalue weighted by Crippen LogP contribution is 2.42. The highest BCUT2D eigenvalue weighted by Gasteiger charge is 2.24. The van der Waals surface area contributed by atoms with Crippen LogP contribution in [-0.4, -0.2) is 15.0 Å². The number of nitrogens with zero attached hydrogens (tertiary/aromatic N) is 4. The third-order valence-corrected chi connectivity index (χ3v) is 11.3. The number of rotatable bonds is 5. The molecule has 276 valence electrons. The second-order valence-electron chi connectivity index (χ2n) is 14.8. The van der Waals surface area contributed by atoms with Gasteiger partial charge >= 0.3 is 0 Å². The Labute approximate surface area is 334 Å². The summed E-state index contributed by atoms with van der Waals surface area (Å²) in [6.07, 6.45) is 0. The molecule has 13 rings (SSSR count). The van der Waals surface area contributed by atoms with Gasteiger partial charge in [-0.15, -0.1) is 0 Å². The Balaban J connectivity index is 1.10. The van der Waals surface area contributed by atoms with Crippen molar-refractivity contribution in [1.29, 1.82) is 0 Å². The quantitative estimate of drug-likeness (QED) is 0.171. The average molecular weight is 761 g/mol. The molecule has 0 saturated carbocycles. The van der Waals surface area contributed by atoms with E-state index in [1.54, 1.807) is 0 Å². The zero-order chi connectivity index (χ0) is 38.6. The Kier molecular flexibility index (Phi) is 6.56. The summed E-state index contributed by atoms with van der Waals surface area (Å²) >= 11 is 0. The van der Waals surface area contributed by atoms with E-state index in [0.29, 0.717) is 23.2 Å². The zero-order valence-electron chi connectivity index (χ0n) is 31.1. The predicted octanol–water partition coefficient (Wildman–Crippen LogP) is 14.3. The molecule has 0 radical (unpaired) electrons. The van der Waals surface area contributed by atoms with Crippen LogP contribution >= 0.6 is 0 Å². The number of hydrogen-bond donors (Lipinski definition) is 0. The van der Waals surface area contributed by atoms with Crippen LogP contribution in [0.4, 0.5) is 17.3 Å². The maximum atomic E-state index is 6.56. The minimum absolute atomic E-state index is 0.415. The van der Waals surface area contributed by atoms with Crippen LogP contribution in [0.25, 0.3) is 111 Å². The summed E-state index contributed by atoms with van der Waals surface area (Å²) in [6.45, 7) is 0. The van der Waals surface area contributed by atoms with Crippen LogP contribution in [0.2, 0.25) is 0 Å². The summed E-state index contributed by atoms with van der Waals surface area (Å²) in [7, 11) is 0. The number of fused-ring (bicyclic) bond motifs is 12. The molecule has 59 heavy (non-hydrogen) atoms. The minimum atomic E-state index is 0.415. The lowest BCUT2D eigenvalue weighted by Gasteiger charge is -2.24. The second-order valence-corrected chi connectivity index (χ2v) is 14.8. The molecule has 8 heteroatoms. The third kappa shape index (κ3) is 4.87. The van der Waals surface area contributed by atoms with E-state index in [0.717, 1.165) is 105 Å². The van der Waals surface area contributed by atoms with Crippen LogP contribution in [0.3, 0.4) is 0 Å². The molecule has 0 fully saturated rings. The Morgan fingerprint density at radius 1 is 0.322 bits per heavy atom. The SMILES string of the molecule is c1ccc2c(c1)oc1cc(N(c3ccc4oc5ccccc5c4c3)c3nc(-c4ccc5oc6ccccc6c5c4)nc(-c4cccc5c4oc4ccccc45)n3)ccc12. The normalized spacial score (nSPS) is 12.1. The molecule has 0 unspecified atom stereocenters. The van der Waals surface area contributed by atoms with Crippen molar-refractivity contribution in [2.75, 3.05) is 4.90 Å². The van der Waals surface area contributed by atoms with Crippen molar-refractivity contribution in [3.63, 3.8) is 0 Å². The van der Waals surface area contributed by atoms with E-state index < -0.39 is 0 Å². The van der Waals surface area contributed by atoms with Crippen molar-refractivity contribution in [3.8, 4) is 22.8 Å². The molecule has 0 bridgehead atoms. The first-order valence-corrected chi connectivity index (χ1v) is 19.4. The summed E-state index contributed by atoms with van der Waals surface area (Å²) in [5, 5.41) is 8.08. The molecule has 0 aliphatic carbocycles. The van der Waals surface area contributed by atoms with Gasteiger partial charge in [-0.1, -0.05) is 84.9 Å². The van der Waals surface area contributed by atoms with Gasteiger partial charge in [-0.3, -0.25) is 4.90 Å². The molecule has 0 saturated heterocycles. The van der Waals surface area contributed by atoms with E-state index in [1.807, 2.05) is 109 Å². The first-order chi connectivity index (χ1) is 29.2. The van der Waals surface area contributed by atoms with Crippen molar-refractivity contribution in [2.24, 2.45) is 0 Å². The maximum Gasteiger partial charge on any atom is 0.238 e. The monoisotopic (exact) mass is 760 g/mol. The minimum Gasteiger partial charge on any atom is -0.456 e. The van der Waals surface area contributed by atoms with Crippen LogP contribution in [0.15, 0.2) is 188 Å². The van der Waals surface area contributed by atoms with Gasteiger partial charge in [0, 0.05) is 60.4 Å². The summed E-state index contributed by atoms with van der Waals surface area (Å²) in [5.74, 6) is 1.38. The molecule has 0 aliphatic heterocycles. The molecule has 8 aromatic carbocycles. The Morgan fingerprint density at radius 3 is 1.53 bits per heavy atom. The molecular weight excluding hydrogens is 733 g/mol. The average Bonchev–Trinajstić information content (AvgIpc) is 4.06. The smallest absolute Gasteiger partial charge is 0.238 e. The first-order valence-electron chi connectivity index (χ1n) is 19.4. The number of hydrogen-bond acceptors (Lipinski definition) is 8. The highest BCUT2D eigenvalue weighted by atomic mass is 16.3. The number of para-hydroxylation sites is 5. The van der Waals surface area contributed by atoms with Crippen molar-refractivity contribution in [1.82, 2.24) is 15.0 Å². The number of aromatic nitrogens is 3. The highest BCUT2D eigenvalue weighted by molar-refractivity contribution is 6.11. The van der Waals surface area contributed by atoms with Gasteiger partial charge in [-0.2, -0.15) is 9.97 Å². The summed E-state index contributed by atoms with van der Waals surface area (Å²) in [4.78, 5) is 17.9. The Hall–Kier alpha value is -8.23. The summed E-state index contributed by atoms with van der Waals surface area (Å²) < 4.78 is 25.5. The van der Waals surface area contributed by atoms with E-state index in [9.17, 15) is 0 Å². The van der Waals surface area contributed by atoms with E-state index >= 15 is 0 Å². The molecular formula is C51H28N4O4. The fourth-order valence-electron chi connectivity index (χ4n) is 8.59. The van der Waals surface area contributed by atoms with Gasteiger partial charge in [0.1, 0.15) is 44.7 Å². The molecule has 0 atom stereocenters. The summed E-state index contributed by atoms with van der Waals surface area (Å²) in [6, 6.07) is 56.9. The topological polar surface area (TPSA) is 94.5 Å². The third-order valence-electron chi connectivity index (χ3n) is 11.3. The van der Waals surface area contributed by atoms with Gasteiger partial charge in [0.05, 0.1) is 11.3 Å². The lowest BCUT2D eigenvalue weighted by molar-refractivity contribution is 0.668. The lowest BCUT2D eigenvalue weighted by atomic mass is 10.1. The van der Waals surface area contributed by atoms with Gasteiger partial charge in [-0.25, -0.2) is 4.98 Å². The number of benzene rings is 8. The molecule has 0 aliphatic rings. The second kappa shape index (κ2) is 12.1. The largest absolute Gasteiger partial charge is 0.456 e. The fourth-order valence-corrected chi connectivity index (χ4v) is 8.59. The molecule has 13 aromatic rings. The van der Waals surface area contributed by atoms with Gasteiger partial charge in [-0.05, 0) is 78.9 Å². The van der Waals surface area contributed by atoms with Gasteiger partial charge in [0.2, 0.25) is 5.95 Å². The molecule has 5 aromatic heterocycles. The zero-order valence-corrected chi connectivity index (χ0v) is 31.1. The maximum absolute atomic E-state index is 6.56. The first kappa shape index (κ1) is 31.9. The Bertz CT molecular complexity index is 3830. The van der Waals surface area contributed by atoms with Crippen LogP contribution in [0, 0.1) is 0 Å². The molecule has 8 nitrogen and oxygen atoms in total. The molecule has 5 heterocycles. The van der Waals surface area contributed by atoms with Crippen molar-refractivity contribution < 1.29 is 17.7 Å². The Morgan fingerprint density at radius 2 is 0.814 bits per heavy atom. The van der Waals surface area contributed by atoms with Crippen molar-refractivity contribution in [3.05, 3.63) is 170 Å². The van der Waals surface area contributed by atoms with Crippen LogP contribution in [0.1, 0.15) is 0 Å². The molecule has 0 N–H and O–H groups in total. The summed E-state index contributed by atoms with van der Waals surface area (Å²) in [5.41, 5.74) is 9.50. The van der Waals surface area contributed by atoms with Gasteiger partial charge in [0.15, 0.2) is 11.6 Å². The fraction of sp³-hybridized carbons (Fsp3) is 0. The van der Waals surface area contributed by atoms with Crippen LogP contribution in [0.5, 0.6) is 0 Å². The lowest BCUT2D eigenvalue weighted by Crippen LogP contribution is -2.15. The van der Waals surface area contributed by atoms with E-state index in [1.165, 1.54) is 0 Å². The molecule has 0 spiro atoms. The number of anilines is 3. The van der Waals surface area contributed by atoms with Crippen molar-refractivity contribution in [2.45, 2.75) is 0 Å². The van der Waals surface area contributed by atoms with Gasteiger partial charge in [0.25, 0.3) is 0 Å². The van der Waals surface area contributed by atoms with Crippen LogP contribution in [-0.2, 0) is 0 Å². The van der Waals surface area contributed by atoms with Crippen molar-refractivity contribution >= 4 is 105 Å². The van der Waals surface area contributed by atoms with E-state index in [-0.39, 0.29) is 0 Å². The van der Waals surface area contributed by atoms with Crippen LogP contribution < -0.4 is 4.90 Å². The predicted molar refractivity (Wildman–Crippen MR) is 234 cm³/mol. The van der Waals surface area contributed by atoms with E-state index in [2.05, 4.69) is 65.6 Å².